The lowest BCUT2D eigenvalue weighted by molar-refractivity contribution is 0.673. The SMILES string of the molecule is c1ccc(-c2ccc(-c3ccc(N(c4ccccc4)c4cc5c(cc4-c4ccccc4)oc4c6ccccc6c6ccccc6c54)cc3)cc2)cc1. The first-order chi connectivity index (χ1) is 25.8. The van der Waals surface area contributed by atoms with Crippen LogP contribution >= 0.6 is 0 Å². The molecule has 2 nitrogen and oxygen atoms in total. The second-order valence-corrected chi connectivity index (χ2v) is 13.3. The summed E-state index contributed by atoms with van der Waals surface area (Å²) in [6.45, 7) is 0. The van der Waals surface area contributed by atoms with Crippen molar-refractivity contribution in [1.82, 2.24) is 0 Å². The molecule has 0 N–H and O–H groups in total. The second kappa shape index (κ2) is 12.5. The highest BCUT2D eigenvalue weighted by Crippen LogP contribution is 2.47. The number of hydrogen-bond acceptors (Lipinski definition) is 2. The number of benzene rings is 9. The number of fused-ring (bicyclic) bond motifs is 8. The van der Waals surface area contributed by atoms with Crippen molar-refractivity contribution >= 4 is 60.5 Å². The summed E-state index contributed by atoms with van der Waals surface area (Å²) in [6, 6.07) is 71.5. The molecule has 1 aromatic heterocycles. The Morgan fingerprint density at radius 3 is 1.38 bits per heavy atom. The van der Waals surface area contributed by atoms with E-state index in [1.807, 2.05) is 0 Å². The van der Waals surface area contributed by atoms with E-state index in [9.17, 15) is 0 Å². The molecule has 9 aromatic carbocycles. The predicted molar refractivity (Wildman–Crippen MR) is 220 cm³/mol. The van der Waals surface area contributed by atoms with E-state index >= 15 is 0 Å². The summed E-state index contributed by atoms with van der Waals surface area (Å²) in [5.74, 6) is 0. The Labute approximate surface area is 302 Å². The number of furan rings is 1. The minimum absolute atomic E-state index is 0.876. The molecule has 10 aromatic rings. The highest BCUT2D eigenvalue weighted by Gasteiger charge is 2.22. The van der Waals surface area contributed by atoms with Crippen molar-refractivity contribution < 1.29 is 4.42 Å². The third-order valence-electron chi connectivity index (χ3n) is 10.3. The number of rotatable bonds is 6. The topological polar surface area (TPSA) is 16.4 Å². The standard InChI is InChI=1S/C50H33NO/c1-4-14-34(15-5-1)35-24-26-36(27-25-35)37-28-30-40(31-29-37)51(39-18-8-3-9-19-39)47-32-46-48(33-45(47)38-16-6-2-7-17-38)52-50-44-23-13-11-21-42(44)41-20-10-12-22-43(41)49(46)50/h1-33H. The van der Waals surface area contributed by atoms with Crippen LogP contribution in [0.4, 0.5) is 17.1 Å². The Balaban J connectivity index is 1.18. The molecule has 0 aliphatic rings. The quantitative estimate of drug-likeness (QED) is 0.165. The highest BCUT2D eigenvalue weighted by molar-refractivity contribution is 6.30. The number of nitrogens with zero attached hydrogens (tertiary/aromatic N) is 1. The van der Waals surface area contributed by atoms with Gasteiger partial charge in [0.05, 0.1) is 5.69 Å². The maximum Gasteiger partial charge on any atom is 0.143 e. The zero-order valence-corrected chi connectivity index (χ0v) is 28.4. The van der Waals surface area contributed by atoms with Crippen molar-refractivity contribution in [2.24, 2.45) is 0 Å². The van der Waals surface area contributed by atoms with Crippen molar-refractivity contribution in [3.8, 4) is 33.4 Å². The average molecular weight is 664 g/mol. The van der Waals surface area contributed by atoms with Crippen LogP contribution in [0.15, 0.2) is 205 Å². The van der Waals surface area contributed by atoms with Gasteiger partial charge in [0, 0.05) is 33.1 Å². The Bertz CT molecular complexity index is 2860. The molecule has 52 heavy (non-hydrogen) atoms. The number of hydrogen-bond donors (Lipinski definition) is 0. The lowest BCUT2D eigenvalue weighted by Crippen LogP contribution is -2.11. The fourth-order valence-electron chi connectivity index (χ4n) is 7.77. The van der Waals surface area contributed by atoms with E-state index in [4.69, 9.17) is 4.42 Å². The van der Waals surface area contributed by atoms with Gasteiger partial charge in [-0.05, 0) is 80.4 Å². The first kappa shape index (κ1) is 30.0. The van der Waals surface area contributed by atoms with E-state index in [1.165, 1.54) is 38.4 Å². The van der Waals surface area contributed by atoms with Gasteiger partial charge in [-0.3, -0.25) is 0 Å². The van der Waals surface area contributed by atoms with Crippen LogP contribution in [0.2, 0.25) is 0 Å². The van der Waals surface area contributed by atoms with Gasteiger partial charge in [0.1, 0.15) is 11.2 Å². The van der Waals surface area contributed by atoms with Gasteiger partial charge in [-0.1, -0.05) is 164 Å². The Kier molecular flexibility index (Phi) is 7.18. The Hall–Kier alpha value is -6.90. The zero-order chi connectivity index (χ0) is 34.4. The molecule has 0 saturated heterocycles. The van der Waals surface area contributed by atoms with Crippen LogP contribution in [0.5, 0.6) is 0 Å². The molecule has 0 aliphatic heterocycles. The first-order valence-corrected chi connectivity index (χ1v) is 17.8. The molecule has 0 saturated carbocycles. The van der Waals surface area contributed by atoms with E-state index in [1.54, 1.807) is 0 Å². The first-order valence-electron chi connectivity index (χ1n) is 17.8. The smallest absolute Gasteiger partial charge is 0.143 e. The summed E-state index contributed by atoms with van der Waals surface area (Å²) in [4.78, 5) is 2.38. The minimum atomic E-state index is 0.876. The van der Waals surface area contributed by atoms with Crippen molar-refractivity contribution in [2.45, 2.75) is 0 Å². The number of para-hydroxylation sites is 1. The van der Waals surface area contributed by atoms with E-state index in [0.717, 1.165) is 55.5 Å². The normalized spacial score (nSPS) is 11.5. The molecule has 0 aliphatic carbocycles. The molecule has 0 bridgehead atoms. The maximum absolute atomic E-state index is 6.86. The van der Waals surface area contributed by atoms with Crippen LogP contribution in [0.1, 0.15) is 0 Å². The third-order valence-corrected chi connectivity index (χ3v) is 10.3. The fraction of sp³-hybridized carbons (Fsp3) is 0. The van der Waals surface area contributed by atoms with Gasteiger partial charge in [0.15, 0.2) is 0 Å². The van der Waals surface area contributed by atoms with E-state index < -0.39 is 0 Å². The Morgan fingerprint density at radius 1 is 0.327 bits per heavy atom. The van der Waals surface area contributed by atoms with Crippen LogP contribution in [0.3, 0.4) is 0 Å². The summed E-state index contributed by atoms with van der Waals surface area (Å²) in [7, 11) is 0. The predicted octanol–water partition coefficient (Wildman–Crippen LogP) is 14.4. The van der Waals surface area contributed by atoms with Gasteiger partial charge in [0.25, 0.3) is 0 Å². The molecule has 2 heteroatoms. The zero-order valence-electron chi connectivity index (χ0n) is 28.4. The lowest BCUT2D eigenvalue weighted by atomic mass is 9.95. The van der Waals surface area contributed by atoms with Crippen LogP contribution in [0.25, 0.3) is 76.9 Å². The van der Waals surface area contributed by atoms with E-state index in [0.29, 0.717) is 0 Å². The van der Waals surface area contributed by atoms with Crippen molar-refractivity contribution in [3.63, 3.8) is 0 Å². The van der Waals surface area contributed by atoms with Gasteiger partial charge >= 0.3 is 0 Å². The third kappa shape index (κ3) is 5.04. The van der Waals surface area contributed by atoms with Crippen molar-refractivity contribution in [2.75, 3.05) is 4.90 Å². The molecular formula is C50H33NO. The van der Waals surface area contributed by atoms with Crippen molar-refractivity contribution in [3.05, 3.63) is 200 Å². The molecule has 0 atom stereocenters. The van der Waals surface area contributed by atoms with Gasteiger partial charge in [-0.25, -0.2) is 0 Å². The van der Waals surface area contributed by atoms with Crippen molar-refractivity contribution in [1.29, 1.82) is 0 Å². The van der Waals surface area contributed by atoms with Crippen LogP contribution < -0.4 is 4.90 Å². The largest absolute Gasteiger partial charge is 0.455 e. The van der Waals surface area contributed by atoms with E-state index in [-0.39, 0.29) is 0 Å². The maximum atomic E-state index is 6.86. The molecule has 10 rings (SSSR count). The molecular weight excluding hydrogens is 631 g/mol. The summed E-state index contributed by atoms with van der Waals surface area (Å²) in [5, 5.41) is 7.00. The molecule has 0 amide bonds. The lowest BCUT2D eigenvalue weighted by Gasteiger charge is -2.28. The van der Waals surface area contributed by atoms with Gasteiger partial charge in [-0.2, -0.15) is 0 Å². The summed E-state index contributed by atoms with van der Waals surface area (Å²) < 4.78 is 6.86. The molecule has 0 unspecified atom stereocenters. The van der Waals surface area contributed by atoms with Gasteiger partial charge < -0.3 is 9.32 Å². The average Bonchev–Trinajstić information content (AvgIpc) is 3.61. The second-order valence-electron chi connectivity index (χ2n) is 13.3. The summed E-state index contributed by atoms with van der Waals surface area (Å²) in [6.07, 6.45) is 0. The molecule has 1 heterocycles. The fourth-order valence-corrected chi connectivity index (χ4v) is 7.77. The van der Waals surface area contributed by atoms with Crippen LogP contribution in [-0.2, 0) is 0 Å². The van der Waals surface area contributed by atoms with Gasteiger partial charge in [0.2, 0.25) is 0 Å². The van der Waals surface area contributed by atoms with Crippen LogP contribution in [-0.4, -0.2) is 0 Å². The Morgan fingerprint density at radius 2 is 0.769 bits per heavy atom. The monoisotopic (exact) mass is 663 g/mol. The minimum Gasteiger partial charge on any atom is -0.455 e. The van der Waals surface area contributed by atoms with Crippen LogP contribution in [0, 0.1) is 0 Å². The highest BCUT2D eigenvalue weighted by atomic mass is 16.3. The van der Waals surface area contributed by atoms with Gasteiger partial charge in [-0.15, -0.1) is 0 Å². The molecule has 0 radical (unpaired) electrons. The summed E-state index contributed by atoms with van der Waals surface area (Å²) >= 11 is 0. The molecule has 244 valence electrons. The molecule has 0 spiro atoms. The summed E-state index contributed by atoms with van der Waals surface area (Å²) in [5.41, 5.74) is 12.1. The number of anilines is 3. The molecule has 0 fully saturated rings. The van der Waals surface area contributed by atoms with E-state index in [2.05, 4.69) is 205 Å².